The van der Waals surface area contributed by atoms with Gasteiger partial charge in [0.2, 0.25) is 0 Å². The number of rotatable bonds is 6. The van der Waals surface area contributed by atoms with Crippen molar-refractivity contribution in [2.45, 2.75) is 6.42 Å². The molecule has 6 nitrogen and oxygen atoms in total. The summed E-state index contributed by atoms with van der Waals surface area (Å²) in [6.45, 7) is 0.576. The number of likely N-dealkylation sites (N-methyl/N-ethyl adjacent to an activating group) is 1. The van der Waals surface area contributed by atoms with Gasteiger partial charge >= 0.3 is 0 Å². The van der Waals surface area contributed by atoms with E-state index in [1.165, 1.54) is 6.26 Å². The second-order valence-electron chi connectivity index (χ2n) is 5.81. The number of aromatic nitrogens is 1. The molecular formula is C20H19N3O3. The molecule has 0 aliphatic heterocycles. The Hall–Kier alpha value is -3.41. The van der Waals surface area contributed by atoms with E-state index in [4.69, 9.17) is 4.42 Å². The molecule has 0 atom stereocenters. The van der Waals surface area contributed by atoms with E-state index in [0.29, 0.717) is 24.2 Å². The van der Waals surface area contributed by atoms with Gasteiger partial charge in [-0.1, -0.05) is 6.07 Å². The van der Waals surface area contributed by atoms with Crippen LogP contribution in [0.2, 0.25) is 0 Å². The van der Waals surface area contributed by atoms with Crippen LogP contribution < -0.4 is 5.32 Å². The number of hydrogen-bond donors (Lipinski definition) is 1. The molecule has 3 rings (SSSR count). The van der Waals surface area contributed by atoms with Crippen molar-refractivity contribution in [2.75, 3.05) is 18.9 Å². The zero-order chi connectivity index (χ0) is 18.4. The highest BCUT2D eigenvalue weighted by Crippen LogP contribution is 2.13. The molecule has 0 aliphatic carbocycles. The van der Waals surface area contributed by atoms with Gasteiger partial charge in [-0.2, -0.15) is 0 Å². The molecule has 3 aromatic rings. The summed E-state index contributed by atoms with van der Waals surface area (Å²) in [7, 11) is 1.76. The molecule has 0 bridgehead atoms. The zero-order valence-electron chi connectivity index (χ0n) is 14.4. The minimum atomic E-state index is -0.332. The molecule has 0 radical (unpaired) electrons. The number of nitrogens with one attached hydrogen (secondary N) is 1. The summed E-state index contributed by atoms with van der Waals surface area (Å²) in [4.78, 5) is 30.3. The first kappa shape index (κ1) is 17.4. The third kappa shape index (κ3) is 4.36. The Bertz CT molecular complexity index is 859. The average molecular weight is 349 g/mol. The highest BCUT2D eigenvalue weighted by molar-refractivity contribution is 6.02. The van der Waals surface area contributed by atoms with Crippen molar-refractivity contribution in [1.29, 1.82) is 0 Å². The average Bonchev–Trinajstić information content (AvgIpc) is 3.22. The van der Waals surface area contributed by atoms with Crippen LogP contribution in [-0.2, 0) is 6.42 Å². The highest BCUT2D eigenvalue weighted by Gasteiger charge is 2.13. The monoisotopic (exact) mass is 349 g/mol. The molecule has 0 fully saturated rings. The Balaban J connectivity index is 1.57. The van der Waals surface area contributed by atoms with Crippen LogP contribution in [-0.4, -0.2) is 35.3 Å². The van der Waals surface area contributed by atoms with Gasteiger partial charge in [-0.3, -0.25) is 14.6 Å². The lowest BCUT2D eigenvalue weighted by atomic mass is 10.1. The van der Waals surface area contributed by atoms with E-state index < -0.39 is 0 Å². The lowest BCUT2D eigenvalue weighted by molar-refractivity contribution is 0.0796. The minimum absolute atomic E-state index is 0.0788. The number of carbonyl (C=O) groups is 2. The summed E-state index contributed by atoms with van der Waals surface area (Å²) >= 11 is 0. The summed E-state index contributed by atoms with van der Waals surface area (Å²) in [6.07, 6.45) is 3.88. The fraction of sp³-hybridized carbons (Fsp3) is 0.150. The van der Waals surface area contributed by atoms with Crippen LogP contribution in [0.3, 0.4) is 0 Å². The number of furan rings is 1. The van der Waals surface area contributed by atoms with Crippen molar-refractivity contribution < 1.29 is 14.0 Å². The molecule has 6 heteroatoms. The molecule has 2 amide bonds. The Morgan fingerprint density at radius 2 is 1.88 bits per heavy atom. The van der Waals surface area contributed by atoms with E-state index in [1.54, 1.807) is 54.5 Å². The molecule has 0 saturated heterocycles. The van der Waals surface area contributed by atoms with Crippen molar-refractivity contribution in [3.63, 3.8) is 0 Å². The third-order valence-corrected chi connectivity index (χ3v) is 3.91. The second-order valence-corrected chi connectivity index (χ2v) is 5.81. The van der Waals surface area contributed by atoms with Crippen LogP contribution in [0.1, 0.15) is 26.6 Å². The number of anilines is 1. The maximum atomic E-state index is 12.5. The Labute approximate surface area is 151 Å². The van der Waals surface area contributed by atoms with Gasteiger partial charge in [0.05, 0.1) is 6.26 Å². The van der Waals surface area contributed by atoms with Crippen LogP contribution in [0.25, 0.3) is 0 Å². The Kier molecular flexibility index (Phi) is 5.43. The number of pyridine rings is 1. The van der Waals surface area contributed by atoms with Crippen molar-refractivity contribution in [2.24, 2.45) is 0 Å². The van der Waals surface area contributed by atoms with Crippen molar-refractivity contribution in [3.05, 3.63) is 84.1 Å². The van der Waals surface area contributed by atoms with Crippen molar-refractivity contribution >= 4 is 17.5 Å². The van der Waals surface area contributed by atoms with Crippen LogP contribution in [0.4, 0.5) is 5.69 Å². The minimum Gasteiger partial charge on any atom is -0.459 e. The molecular weight excluding hydrogens is 330 g/mol. The molecule has 0 unspecified atom stereocenters. The topological polar surface area (TPSA) is 75.4 Å². The van der Waals surface area contributed by atoms with Gasteiger partial charge in [0.1, 0.15) is 0 Å². The summed E-state index contributed by atoms with van der Waals surface area (Å²) < 4.78 is 5.05. The molecule has 1 aromatic carbocycles. The lowest BCUT2D eigenvalue weighted by Gasteiger charge is -2.17. The van der Waals surface area contributed by atoms with Crippen LogP contribution in [0, 0.1) is 0 Å². The second kappa shape index (κ2) is 8.11. The number of hydrogen-bond acceptors (Lipinski definition) is 4. The SMILES string of the molecule is CN(CCc1ccccn1)C(=O)c1ccc(NC(=O)c2ccco2)cc1. The first-order chi connectivity index (χ1) is 12.6. The first-order valence-corrected chi connectivity index (χ1v) is 8.24. The van der Waals surface area contributed by atoms with Crippen molar-refractivity contribution in [3.8, 4) is 0 Å². The fourth-order valence-corrected chi connectivity index (χ4v) is 2.45. The number of carbonyl (C=O) groups excluding carboxylic acids is 2. The van der Waals surface area contributed by atoms with Crippen LogP contribution >= 0.6 is 0 Å². The Morgan fingerprint density at radius 1 is 1.08 bits per heavy atom. The first-order valence-electron chi connectivity index (χ1n) is 8.24. The van der Waals surface area contributed by atoms with Crippen LogP contribution in [0.15, 0.2) is 71.5 Å². The molecule has 26 heavy (non-hydrogen) atoms. The normalized spacial score (nSPS) is 10.3. The van der Waals surface area contributed by atoms with Gasteiger partial charge in [-0.05, 0) is 48.5 Å². The van der Waals surface area contributed by atoms with Gasteiger partial charge in [0, 0.05) is 43.2 Å². The predicted molar refractivity (Wildman–Crippen MR) is 98.0 cm³/mol. The van der Waals surface area contributed by atoms with E-state index >= 15 is 0 Å². The van der Waals surface area contributed by atoms with Gasteiger partial charge in [0.25, 0.3) is 11.8 Å². The predicted octanol–water partition coefficient (Wildman–Crippen LogP) is 3.24. The maximum Gasteiger partial charge on any atom is 0.291 e. The molecule has 0 aliphatic rings. The molecule has 132 valence electrons. The molecule has 1 N–H and O–H groups in total. The fourth-order valence-electron chi connectivity index (χ4n) is 2.45. The maximum absolute atomic E-state index is 12.5. The van der Waals surface area contributed by atoms with Gasteiger partial charge in [-0.25, -0.2) is 0 Å². The largest absolute Gasteiger partial charge is 0.459 e. The van der Waals surface area contributed by atoms with E-state index in [0.717, 1.165) is 5.69 Å². The van der Waals surface area contributed by atoms with Gasteiger partial charge in [0.15, 0.2) is 5.76 Å². The van der Waals surface area contributed by atoms with E-state index in [-0.39, 0.29) is 17.6 Å². The van der Waals surface area contributed by atoms with E-state index in [9.17, 15) is 9.59 Å². The molecule has 0 saturated carbocycles. The van der Waals surface area contributed by atoms with Crippen molar-refractivity contribution in [1.82, 2.24) is 9.88 Å². The standard InChI is InChI=1S/C20H19N3O3/c1-23(13-11-16-5-2-3-12-21-16)20(25)15-7-9-17(10-8-15)22-19(24)18-6-4-14-26-18/h2-10,12,14H,11,13H2,1H3,(H,22,24). The van der Waals surface area contributed by atoms with Gasteiger partial charge < -0.3 is 14.6 Å². The van der Waals surface area contributed by atoms with E-state index in [2.05, 4.69) is 10.3 Å². The highest BCUT2D eigenvalue weighted by atomic mass is 16.3. The molecule has 0 spiro atoms. The third-order valence-electron chi connectivity index (χ3n) is 3.91. The molecule has 2 heterocycles. The smallest absolute Gasteiger partial charge is 0.291 e. The van der Waals surface area contributed by atoms with Crippen LogP contribution in [0.5, 0.6) is 0 Å². The number of benzene rings is 1. The van der Waals surface area contributed by atoms with E-state index in [1.807, 2.05) is 18.2 Å². The summed E-state index contributed by atoms with van der Waals surface area (Å²) in [5.74, 6) is -0.175. The summed E-state index contributed by atoms with van der Waals surface area (Å²) in [6, 6.07) is 15.7. The summed E-state index contributed by atoms with van der Waals surface area (Å²) in [5, 5.41) is 2.72. The lowest BCUT2D eigenvalue weighted by Crippen LogP contribution is -2.29. The zero-order valence-corrected chi connectivity index (χ0v) is 14.4. The summed E-state index contributed by atoms with van der Waals surface area (Å²) in [5.41, 5.74) is 2.10. The quantitative estimate of drug-likeness (QED) is 0.741. The molecule has 2 aromatic heterocycles. The number of nitrogens with zero attached hydrogens (tertiary/aromatic N) is 2. The van der Waals surface area contributed by atoms with Gasteiger partial charge in [-0.15, -0.1) is 0 Å². The number of amides is 2. The Morgan fingerprint density at radius 3 is 2.54 bits per heavy atom.